The number of fused-ring (bicyclic) bond motifs is 1. The predicted octanol–water partition coefficient (Wildman–Crippen LogP) is 0.819. The van der Waals surface area contributed by atoms with Crippen molar-refractivity contribution in [3.63, 3.8) is 0 Å². The highest BCUT2D eigenvalue weighted by molar-refractivity contribution is 7.89. The molecule has 0 aromatic carbocycles. The van der Waals surface area contributed by atoms with Crippen LogP contribution in [-0.2, 0) is 10.0 Å². The van der Waals surface area contributed by atoms with Gasteiger partial charge >= 0.3 is 6.18 Å². The van der Waals surface area contributed by atoms with Gasteiger partial charge in [0.25, 0.3) is 10.0 Å². The van der Waals surface area contributed by atoms with Gasteiger partial charge in [-0.2, -0.15) is 13.2 Å². The van der Waals surface area contributed by atoms with Gasteiger partial charge in [-0.3, -0.25) is 4.40 Å². The van der Waals surface area contributed by atoms with Crippen molar-refractivity contribution in [1.29, 1.82) is 0 Å². The van der Waals surface area contributed by atoms with Gasteiger partial charge in [0.2, 0.25) is 0 Å². The van der Waals surface area contributed by atoms with E-state index in [1.165, 1.54) is 10.9 Å². The van der Waals surface area contributed by atoms with Crippen LogP contribution in [-0.4, -0.2) is 30.5 Å². The fraction of sp³-hybridized carbons (Fsp3) is 0.286. The number of hydrogen-bond donors (Lipinski definition) is 2. The zero-order valence-electron chi connectivity index (χ0n) is 8.60. The minimum absolute atomic E-state index is 0.292. The molecular weight excluding hydrogens is 293 g/mol. The van der Waals surface area contributed by atoms with E-state index in [4.69, 9.17) is 5.73 Å². The van der Waals surface area contributed by atoms with Crippen molar-refractivity contribution < 1.29 is 21.6 Å². The van der Waals surface area contributed by atoms with Crippen LogP contribution >= 0.6 is 11.3 Å². The smallest absolute Gasteiger partial charge is 0.381 e. The number of alkyl halides is 3. The van der Waals surface area contributed by atoms with Crippen molar-refractivity contribution in [2.75, 3.05) is 12.3 Å². The van der Waals surface area contributed by atoms with Crippen LogP contribution in [0.1, 0.15) is 0 Å². The average molecular weight is 300 g/mol. The lowest BCUT2D eigenvalue weighted by molar-refractivity contribution is -0.121. The Hall–Kier alpha value is -1.33. The molecule has 0 aliphatic heterocycles. The topological polar surface area (TPSA) is 89.5 Å². The van der Waals surface area contributed by atoms with Crippen LogP contribution < -0.4 is 10.5 Å². The minimum Gasteiger partial charge on any atom is -0.381 e. The summed E-state index contributed by atoms with van der Waals surface area (Å²) in [6.07, 6.45) is -3.27. The third-order valence-corrected chi connectivity index (χ3v) is 4.16. The standard InChI is InChI=1S/C7H7F3N4O2S2/c8-7(9,10)3-12-18(15,16)5-4(11)13-6-14(5)1-2-17-6/h1-2,12H,3,11H2. The predicted molar refractivity (Wildman–Crippen MR) is 58.7 cm³/mol. The summed E-state index contributed by atoms with van der Waals surface area (Å²) in [6.45, 7) is -1.66. The van der Waals surface area contributed by atoms with Crippen LogP contribution in [0.4, 0.5) is 19.0 Å². The summed E-state index contributed by atoms with van der Waals surface area (Å²) in [6, 6.07) is 0. The van der Waals surface area contributed by atoms with Crippen molar-refractivity contribution in [1.82, 2.24) is 14.1 Å². The molecule has 11 heteroatoms. The second kappa shape index (κ2) is 4.10. The number of nitrogens with one attached hydrogen (secondary N) is 1. The molecule has 18 heavy (non-hydrogen) atoms. The Morgan fingerprint density at radius 3 is 2.78 bits per heavy atom. The van der Waals surface area contributed by atoms with Crippen molar-refractivity contribution in [3.05, 3.63) is 11.6 Å². The monoisotopic (exact) mass is 300 g/mol. The number of imidazole rings is 1. The summed E-state index contributed by atoms with van der Waals surface area (Å²) in [5, 5.41) is 1.06. The maximum atomic E-state index is 12.0. The first-order valence-electron chi connectivity index (χ1n) is 4.48. The molecule has 2 heterocycles. The Morgan fingerprint density at radius 2 is 2.17 bits per heavy atom. The van der Waals surface area contributed by atoms with Gasteiger partial charge in [-0.05, 0) is 0 Å². The molecule has 0 unspecified atom stereocenters. The Morgan fingerprint density at radius 1 is 1.50 bits per heavy atom. The quantitative estimate of drug-likeness (QED) is 0.878. The molecule has 0 saturated carbocycles. The molecule has 0 radical (unpaired) electrons. The molecular formula is C7H7F3N4O2S2. The van der Waals surface area contributed by atoms with E-state index in [1.807, 2.05) is 0 Å². The summed E-state index contributed by atoms with van der Waals surface area (Å²) in [4.78, 5) is 4.03. The van der Waals surface area contributed by atoms with Crippen molar-refractivity contribution in [2.24, 2.45) is 0 Å². The van der Waals surface area contributed by atoms with Crippen LogP contribution in [0.2, 0.25) is 0 Å². The Labute approximate surface area is 103 Å². The Kier molecular flexibility index (Phi) is 2.99. The molecule has 0 atom stereocenters. The largest absolute Gasteiger partial charge is 0.402 e. The van der Waals surface area contributed by atoms with Gasteiger partial charge in [0.05, 0.1) is 0 Å². The first-order valence-corrected chi connectivity index (χ1v) is 6.84. The number of nitrogens with two attached hydrogens (primary N) is 1. The summed E-state index contributed by atoms with van der Waals surface area (Å²) in [5.74, 6) is -0.337. The second-order valence-electron chi connectivity index (χ2n) is 3.30. The number of rotatable bonds is 3. The normalized spacial score (nSPS) is 13.3. The Bertz CT molecular complexity index is 672. The first-order chi connectivity index (χ1) is 8.21. The van der Waals surface area contributed by atoms with Crippen molar-refractivity contribution >= 4 is 32.1 Å². The highest BCUT2D eigenvalue weighted by Gasteiger charge is 2.32. The molecule has 2 rings (SSSR count). The molecule has 0 aliphatic rings. The molecule has 0 amide bonds. The lowest BCUT2D eigenvalue weighted by Crippen LogP contribution is -2.34. The lowest BCUT2D eigenvalue weighted by Gasteiger charge is -2.08. The van der Waals surface area contributed by atoms with E-state index >= 15 is 0 Å². The van der Waals surface area contributed by atoms with Crippen LogP contribution in [0.5, 0.6) is 0 Å². The van der Waals surface area contributed by atoms with Gasteiger partial charge < -0.3 is 5.73 Å². The maximum absolute atomic E-state index is 12.0. The van der Waals surface area contributed by atoms with Crippen LogP contribution in [0.15, 0.2) is 16.6 Å². The van der Waals surface area contributed by atoms with E-state index < -0.39 is 27.8 Å². The third-order valence-electron chi connectivity index (χ3n) is 1.96. The molecule has 2 aromatic heterocycles. The number of sulfonamides is 1. The van der Waals surface area contributed by atoms with Crippen molar-refractivity contribution in [3.8, 4) is 0 Å². The molecule has 100 valence electrons. The van der Waals surface area contributed by atoms with E-state index in [1.54, 1.807) is 5.38 Å². The van der Waals surface area contributed by atoms with Gasteiger partial charge in [-0.25, -0.2) is 18.1 Å². The van der Waals surface area contributed by atoms with E-state index in [0.29, 0.717) is 4.96 Å². The van der Waals surface area contributed by atoms with Crippen LogP contribution in [0, 0.1) is 0 Å². The number of halogens is 3. The summed E-state index contributed by atoms with van der Waals surface area (Å²) in [5.41, 5.74) is 5.40. The molecule has 0 aliphatic carbocycles. The van der Waals surface area contributed by atoms with Gasteiger partial charge in [-0.15, -0.1) is 11.3 Å². The van der Waals surface area contributed by atoms with Gasteiger partial charge in [0.1, 0.15) is 6.54 Å². The summed E-state index contributed by atoms with van der Waals surface area (Å²) < 4.78 is 62.0. The van der Waals surface area contributed by atoms with Gasteiger partial charge in [0, 0.05) is 11.6 Å². The summed E-state index contributed by atoms with van der Waals surface area (Å²) >= 11 is 1.12. The zero-order chi connectivity index (χ0) is 13.6. The van der Waals surface area contributed by atoms with E-state index in [0.717, 1.165) is 15.7 Å². The molecule has 2 aromatic rings. The lowest BCUT2D eigenvalue weighted by atomic mass is 10.7. The third kappa shape index (κ3) is 2.42. The fourth-order valence-corrected chi connectivity index (χ4v) is 3.29. The van der Waals surface area contributed by atoms with Crippen LogP contribution in [0.3, 0.4) is 0 Å². The number of hydrogen-bond acceptors (Lipinski definition) is 5. The zero-order valence-corrected chi connectivity index (χ0v) is 10.2. The highest BCUT2D eigenvalue weighted by Crippen LogP contribution is 2.23. The molecule has 0 saturated heterocycles. The molecule has 3 N–H and O–H groups in total. The van der Waals surface area contributed by atoms with E-state index in [-0.39, 0.29) is 5.82 Å². The highest BCUT2D eigenvalue weighted by atomic mass is 32.2. The maximum Gasteiger partial charge on any atom is 0.402 e. The number of thiazole rings is 1. The van der Waals surface area contributed by atoms with Crippen LogP contribution in [0.25, 0.3) is 4.96 Å². The SMILES string of the molecule is Nc1nc2sccn2c1S(=O)(=O)NCC(F)(F)F. The number of aromatic nitrogens is 2. The molecule has 0 spiro atoms. The van der Waals surface area contributed by atoms with E-state index in [9.17, 15) is 21.6 Å². The number of anilines is 1. The molecule has 0 bridgehead atoms. The molecule has 0 fully saturated rings. The fourth-order valence-electron chi connectivity index (χ4n) is 1.29. The second-order valence-corrected chi connectivity index (χ2v) is 5.85. The Balaban J connectivity index is 2.40. The van der Waals surface area contributed by atoms with Gasteiger partial charge in [0.15, 0.2) is 15.8 Å². The minimum atomic E-state index is -4.64. The van der Waals surface area contributed by atoms with E-state index in [2.05, 4.69) is 4.98 Å². The van der Waals surface area contributed by atoms with Crippen molar-refractivity contribution in [2.45, 2.75) is 11.2 Å². The summed E-state index contributed by atoms with van der Waals surface area (Å²) in [7, 11) is -4.37. The average Bonchev–Trinajstić information content (AvgIpc) is 2.72. The molecule has 6 nitrogen and oxygen atoms in total. The first kappa shape index (κ1) is 13.1. The number of nitrogens with zero attached hydrogens (tertiary/aromatic N) is 2. The van der Waals surface area contributed by atoms with Gasteiger partial charge in [-0.1, -0.05) is 0 Å². The number of nitrogen functional groups attached to an aromatic ring is 1.